The van der Waals surface area contributed by atoms with Crippen LogP contribution >= 0.6 is 24.0 Å². The Morgan fingerprint density at radius 2 is 1.86 bits per heavy atom. The number of nitrogens with zero attached hydrogens (tertiary/aromatic N) is 2. The molecular weight excluding hydrogens is 487 g/mol. The van der Waals surface area contributed by atoms with Crippen LogP contribution in [-0.4, -0.2) is 69.7 Å². The van der Waals surface area contributed by atoms with Gasteiger partial charge in [0.2, 0.25) is 0 Å². The zero-order chi connectivity index (χ0) is 20.5. The van der Waals surface area contributed by atoms with Crippen LogP contribution in [0.25, 0.3) is 0 Å². The predicted molar refractivity (Wildman–Crippen MR) is 123 cm³/mol. The summed E-state index contributed by atoms with van der Waals surface area (Å²) < 4.78 is 9.99. The van der Waals surface area contributed by atoms with Gasteiger partial charge in [0.15, 0.2) is 5.96 Å². The fourth-order valence-corrected chi connectivity index (χ4v) is 3.20. The van der Waals surface area contributed by atoms with Crippen LogP contribution in [0.1, 0.15) is 24.2 Å². The highest BCUT2D eigenvalue weighted by Gasteiger charge is 2.36. The number of hydrogen-bond acceptors (Lipinski definition) is 5. The van der Waals surface area contributed by atoms with E-state index in [0.717, 1.165) is 19.0 Å². The molecular formula is C20H31IN4O4. The monoisotopic (exact) mass is 518 g/mol. The van der Waals surface area contributed by atoms with Crippen molar-refractivity contribution in [2.75, 3.05) is 46.9 Å². The van der Waals surface area contributed by atoms with E-state index in [-0.39, 0.29) is 47.7 Å². The molecule has 0 spiro atoms. The topological polar surface area (TPSA) is 92.3 Å². The van der Waals surface area contributed by atoms with Crippen molar-refractivity contribution >= 4 is 41.8 Å². The first kappa shape index (κ1) is 25.0. The van der Waals surface area contributed by atoms with Crippen molar-refractivity contribution in [2.24, 2.45) is 16.8 Å². The van der Waals surface area contributed by atoms with E-state index in [2.05, 4.69) is 20.5 Å². The van der Waals surface area contributed by atoms with Crippen LogP contribution < -0.4 is 15.4 Å². The number of carbonyl (C=O) groups excluding carboxylic acids is 2. The van der Waals surface area contributed by atoms with Crippen molar-refractivity contribution in [3.8, 4) is 5.75 Å². The Kier molecular flexibility index (Phi) is 10.8. The third-order valence-electron chi connectivity index (χ3n) is 4.76. The van der Waals surface area contributed by atoms with Gasteiger partial charge in [-0.25, -0.2) is 0 Å². The highest BCUT2D eigenvalue weighted by atomic mass is 127. The molecule has 1 aliphatic heterocycles. The van der Waals surface area contributed by atoms with Crippen molar-refractivity contribution in [1.82, 2.24) is 15.5 Å². The standard InChI is InChI=1S/C20H30N4O4.HI/c1-5-21-20(24-12-14(2)17(13-24)19(26)28-4)23-11-10-22-18(25)15-6-8-16(27-3)9-7-15;/h6-9,14,17H,5,10-13H2,1-4H3,(H,21,23)(H,22,25);1H. The molecule has 9 heteroatoms. The van der Waals surface area contributed by atoms with Crippen molar-refractivity contribution < 1.29 is 19.1 Å². The van der Waals surface area contributed by atoms with Gasteiger partial charge in [0, 0.05) is 31.7 Å². The number of hydrogen-bond donors (Lipinski definition) is 2. The lowest BCUT2D eigenvalue weighted by Gasteiger charge is -2.21. The molecule has 8 nitrogen and oxygen atoms in total. The summed E-state index contributed by atoms with van der Waals surface area (Å²) in [5.74, 6) is 1.18. The molecule has 2 N–H and O–H groups in total. The molecule has 162 valence electrons. The minimum Gasteiger partial charge on any atom is -0.497 e. The van der Waals surface area contributed by atoms with E-state index in [9.17, 15) is 9.59 Å². The first-order chi connectivity index (χ1) is 13.5. The van der Waals surface area contributed by atoms with Gasteiger partial charge >= 0.3 is 5.97 Å². The molecule has 1 aromatic carbocycles. The Labute approximate surface area is 189 Å². The first-order valence-corrected chi connectivity index (χ1v) is 9.53. The molecule has 0 bridgehead atoms. The number of methoxy groups -OCH3 is 2. The summed E-state index contributed by atoms with van der Waals surface area (Å²) in [5, 5.41) is 6.11. The molecule has 29 heavy (non-hydrogen) atoms. The number of benzene rings is 1. The molecule has 1 amide bonds. The van der Waals surface area contributed by atoms with Gasteiger partial charge < -0.3 is 25.0 Å². The number of nitrogens with one attached hydrogen (secondary N) is 2. The average molecular weight is 518 g/mol. The number of likely N-dealkylation sites (tertiary alicyclic amines) is 1. The molecule has 0 saturated carbocycles. The Morgan fingerprint density at radius 3 is 2.45 bits per heavy atom. The molecule has 2 rings (SSSR count). The highest BCUT2D eigenvalue weighted by Crippen LogP contribution is 2.24. The van der Waals surface area contributed by atoms with Crippen LogP contribution in [0.5, 0.6) is 5.75 Å². The molecule has 0 aromatic heterocycles. The molecule has 1 saturated heterocycles. The second-order valence-electron chi connectivity index (χ2n) is 6.73. The average Bonchev–Trinajstić information content (AvgIpc) is 3.11. The number of rotatable bonds is 7. The van der Waals surface area contributed by atoms with E-state index in [1.54, 1.807) is 31.4 Å². The number of aliphatic imine (C=N–C) groups is 1. The minimum absolute atomic E-state index is 0. The molecule has 1 heterocycles. The second-order valence-corrected chi connectivity index (χ2v) is 6.73. The maximum Gasteiger partial charge on any atom is 0.310 e. The van der Waals surface area contributed by atoms with Crippen molar-refractivity contribution in [3.63, 3.8) is 0 Å². The SMILES string of the molecule is CCNC(=NCCNC(=O)c1ccc(OC)cc1)N1CC(C)C(C(=O)OC)C1.I. The quantitative estimate of drug-likeness (QED) is 0.188. The summed E-state index contributed by atoms with van der Waals surface area (Å²) in [5.41, 5.74) is 0.575. The fraction of sp³-hybridized carbons (Fsp3) is 0.550. The molecule has 1 aliphatic rings. The lowest BCUT2D eigenvalue weighted by molar-refractivity contribution is -0.145. The molecule has 2 atom stereocenters. The maximum atomic E-state index is 12.2. The highest BCUT2D eigenvalue weighted by molar-refractivity contribution is 14.0. The third kappa shape index (κ3) is 7.06. The molecule has 0 radical (unpaired) electrons. The van der Waals surface area contributed by atoms with E-state index < -0.39 is 0 Å². The van der Waals surface area contributed by atoms with Crippen molar-refractivity contribution in [1.29, 1.82) is 0 Å². The third-order valence-corrected chi connectivity index (χ3v) is 4.76. The van der Waals surface area contributed by atoms with Gasteiger partial charge in [-0.1, -0.05) is 6.92 Å². The zero-order valence-corrected chi connectivity index (χ0v) is 19.8. The van der Waals surface area contributed by atoms with Gasteiger partial charge in [0.25, 0.3) is 5.91 Å². The number of guanidine groups is 1. The summed E-state index contributed by atoms with van der Waals surface area (Å²) in [4.78, 5) is 30.7. The molecule has 2 unspecified atom stereocenters. The van der Waals surface area contributed by atoms with Gasteiger partial charge in [-0.3, -0.25) is 14.6 Å². The maximum absolute atomic E-state index is 12.2. The molecule has 1 fully saturated rings. The van der Waals surface area contributed by atoms with E-state index >= 15 is 0 Å². The van der Waals surface area contributed by atoms with Crippen LogP contribution in [0, 0.1) is 11.8 Å². The fourth-order valence-electron chi connectivity index (χ4n) is 3.20. The van der Waals surface area contributed by atoms with Crippen LogP contribution in [-0.2, 0) is 9.53 Å². The normalized spacial score (nSPS) is 18.6. The van der Waals surface area contributed by atoms with Gasteiger partial charge in [0.05, 0.1) is 26.7 Å². The van der Waals surface area contributed by atoms with Gasteiger partial charge in [-0.2, -0.15) is 0 Å². The number of esters is 1. The Bertz CT molecular complexity index is 696. The van der Waals surface area contributed by atoms with Crippen LogP contribution in [0.3, 0.4) is 0 Å². The summed E-state index contributed by atoms with van der Waals surface area (Å²) in [6.45, 7) is 6.95. The second kappa shape index (κ2) is 12.5. The number of halogens is 1. The van der Waals surface area contributed by atoms with Gasteiger partial charge in [-0.15, -0.1) is 24.0 Å². The molecule has 0 aliphatic carbocycles. The molecule has 1 aromatic rings. The number of carbonyl (C=O) groups is 2. The lowest BCUT2D eigenvalue weighted by atomic mass is 9.99. The van der Waals surface area contributed by atoms with Crippen LogP contribution in [0.15, 0.2) is 29.3 Å². The first-order valence-electron chi connectivity index (χ1n) is 9.53. The minimum atomic E-state index is -0.183. The van der Waals surface area contributed by atoms with E-state index in [0.29, 0.717) is 30.9 Å². The lowest BCUT2D eigenvalue weighted by Crippen LogP contribution is -2.41. The van der Waals surface area contributed by atoms with Crippen molar-refractivity contribution in [3.05, 3.63) is 29.8 Å². The summed E-state index contributed by atoms with van der Waals surface area (Å²) in [6, 6.07) is 6.95. The number of amides is 1. The summed E-state index contributed by atoms with van der Waals surface area (Å²) in [7, 11) is 3.01. The van der Waals surface area contributed by atoms with Gasteiger partial charge in [0.1, 0.15) is 5.75 Å². The Hall–Kier alpha value is -2.04. The van der Waals surface area contributed by atoms with Crippen molar-refractivity contribution in [2.45, 2.75) is 13.8 Å². The van der Waals surface area contributed by atoms with E-state index in [1.807, 2.05) is 13.8 Å². The summed E-state index contributed by atoms with van der Waals surface area (Å²) in [6.07, 6.45) is 0. The zero-order valence-electron chi connectivity index (χ0n) is 17.4. The Balaban J connectivity index is 0.00000420. The van der Waals surface area contributed by atoms with E-state index in [1.165, 1.54) is 7.11 Å². The number of ether oxygens (including phenoxy) is 2. The Morgan fingerprint density at radius 1 is 1.17 bits per heavy atom. The largest absolute Gasteiger partial charge is 0.497 e. The van der Waals surface area contributed by atoms with Gasteiger partial charge in [-0.05, 0) is 37.1 Å². The van der Waals surface area contributed by atoms with Crippen LogP contribution in [0.2, 0.25) is 0 Å². The predicted octanol–water partition coefficient (Wildman–Crippen LogP) is 1.75. The summed E-state index contributed by atoms with van der Waals surface area (Å²) >= 11 is 0. The smallest absolute Gasteiger partial charge is 0.310 e. The van der Waals surface area contributed by atoms with E-state index in [4.69, 9.17) is 9.47 Å². The van der Waals surface area contributed by atoms with Crippen LogP contribution in [0.4, 0.5) is 0 Å².